The van der Waals surface area contributed by atoms with Crippen LogP contribution in [0.4, 0.5) is 0 Å². The molecule has 0 radical (unpaired) electrons. The monoisotopic (exact) mass is 173 g/mol. The van der Waals surface area contributed by atoms with Crippen LogP contribution < -0.4 is 5.32 Å². The fourth-order valence-electron chi connectivity index (χ4n) is 1.14. The summed E-state index contributed by atoms with van der Waals surface area (Å²) < 4.78 is 5.42. The molecule has 2 heteroatoms. The summed E-state index contributed by atoms with van der Waals surface area (Å²) in [5.74, 6) is 0. The van der Waals surface area contributed by atoms with E-state index < -0.39 is 0 Å². The third kappa shape index (κ3) is 6.62. The number of ether oxygens (including phenoxy) is 1. The van der Waals surface area contributed by atoms with E-state index in [1.54, 1.807) is 0 Å². The van der Waals surface area contributed by atoms with E-state index in [4.69, 9.17) is 4.74 Å². The van der Waals surface area contributed by atoms with E-state index in [0.717, 1.165) is 32.6 Å². The van der Waals surface area contributed by atoms with Crippen molar-refractivity contribution in [2.24, 2.45) is 0 Å². The lowest BCUT2D eigenvalue weighted by atomic mass is 10.0. The first kappa shape index (κ1) is 11.9. The zero-order valence-electron chi connectivity index (χ0n) is 8.94. The molecule has 0 atom stereocenters. The Balaban J connectivity index is 3.33. The Labute approximate surface area is 76.7 Å². The van der Waals surface area contributed by atoms with Crippen LogP contribution in [0.2, 0.25) is 0 Å². The molecule has 0 bridgehead atoms. The second kappa shape index (κ2) is 6.44. The first-order chi connectivity index (χ1) is 5.62. The van der Waals surface area contributed by atoms with Gasteiger partial charge in [0.15, 0.2) is 0 Å². The fraction of sp³-hybridized carbons (Fsp3) is 1.00. The van der Waals surface area contributed by atoms with Gasteiger partial charge in [-0.15, -0.1) is 0 Å². The van der Waals surface area contributed by atoms with Crippen LogP contribution in [0.1, 0.15) is 40.5 Å². The molecule has 0 rings (SSSR count). The number of hydrogen-bond donors (Lipinski definition) is 1. The maximum Gasteiger partial charge on any atom is 0.0483 e. The maximum atomic E-state index is 5.42. The van der Waals surface area contributed by atoms with Gasteiger partial charge in [0.25, 0.3) is 0 Å². The highest BCUT2D eigenvalue weighted by molar-refractivity contribution is 4.75. The minimum atomic E-state index is 0.225. The Morgan fingerprint density at radius 2 is 1.83 bits per heavy atom. The molecule has 0 aliphatic heterocycles. The Morgan fingerprint density at radius 3 is 2.33 bits per heavy atom. The van der Waals surface area contributed by atoms with Crippen molar-refractivity contribution in [3.63, 3.8) is 0 Å². The normalized spacial score (nSPS) is 12.0. The third-order valence-corrected chi connectivity index (χ3v) is 1.88. The Hall–Kier alpha value is -0.0800. The average Bonchev–Trinajstić information content (AvgIpc) is 1.98. The molecule has 0 aliphatic rings. The molecule has 0 amide bonds. The SMILES string of the molecule is CCCOCCC(C)(C)NCC. The van der Waals surface area contributed by atoms with Crippen molar-refractivity contribution in [3.05, 3.63) is 0 Å². The van der Waals surface area contributed by atoms with Gasteiger partial charge in [-0.3, -0.25) is 0 Å². The molecule has 0 saturated heterocycles. The maximum absolute atomic E-state index is 5.42. The average molecular weight is 173 g/mol. The van der Waals surface area contributed by atoms with Crippen LogP contribution in [0.15, 0.2) is 0 Å². The summed E-state index contributed by atoms with van der Waals surface area (Å²) in [5, 5.41) is 3.42. The quantitative estimate of drug-likeness (QED) is 0.596. The van der Waals surface area contributed by atoms with Gasteiger partial charge in [0, 0.05) is 18.8 Å². The van der Waals surface area contributed by atoms with Crippen LogP contribution in [-0.2, 0) is 4.74 Å². The molecule has 1 N–H and O–H groups in total. The molecular weight excluding hydrogens is 150 g/mol. The Kier molecular flexibility index (Phi) is 6.39. The molecule has 0 saturated carbocycles. The smallest absolute Gasteiger partial charge is 0.0483 e. The lowest BCUT2D eigenvalue weighted by Crippen LogP contribution is -2.40. The molecule has 0 aliphatic carbocycles. The highest BCUT2D eigenvalue weighted by Gasteiger charge is 2.14. The largest absolute Gasteiger partial charge is 0.381 e. The fourth-order valence-corrected chi connectivity index (χ4v) is 1.14. The van der Waals surface area contributed by atoms with Crippen molar-refractivity contribution in [1.29, 1.82) is 0 Å². The van der Waals surface area contributed by atoms with E-state index >= 15 is 0 Å². The Morgan fingerprint density at radius 1 is 1.17 bits per heavy atom. The predicted octanol–water partition coefficient (Wildman–Crippen LogP) is 2.19. The van der Waals surface area contributed by atoms with Crippen molar-refractivity contribution in [1.82, 2.24) is 5.32 Å². The summed E-state index contributed by atoms with van der Waals surface area (Å²) in [4.78, 5) is 0. The number of nitrogens with one attached hydrogen (secondary N) is 1. The molecule has 2 nitrogen and oxygen atoms in total. The van der Waals surface area contributed by atoms with Crippen LogP contribution >= 0.6 is 0 Å². The third-order valence-electron chi connectivity index (χ3n) is 1.88. The van der Waals surface area contributed by atoms with Crippen LogP contribution in [0, 0.1) is 0 Å². The summed E-state index contributed by atoms with van der Waals surface area (Å²) in [6.07, 6.45) is 2.20. The van der Waals surface area contributed by atoms with E-state index in [-0.39, 0.29) is 5.54 Å². The standard InChI is InChI=1S/C10H23NO/c1-5-8-12-9-7-10(3,4)11-6-2/h11H,5-9H2,1-4H3. The summed E-state index contributed by atoms with van der Waals surface area (Å²) in [6.45, 7) is 11.5. The van der Waals surface area contributed by atoms with Crippen molar-refractivity contribution < 1.29 is 4.74 Å². The highest BCUT2D eigenvalue weighted by atomic mass is 16.5. The lowest BCUT2D eigenvalue weighted by molar-refractivity contribution is 0.114. The van der Waals surface area contributed by atoms with E-state index in [2.05, 4.69) is 33.0 Å². The molecule has 0 fully saturated rings. The molecule has 0 aromatic carbocycles. The van der Waals surface area contributed by atoms with Crippen molar-refractivity contribution >= 4 is 0 Å². The molecule has 0 unspecified atom stereocenters. The molecular formula is C10H23NO. The summed E-state index contributed by atoms with van der Waals surface area (Å²) in [6, 6.07) is 0. The molecule has 0 spiro atoms. The van der Waals surface area contributed by atoms with Gasteiger partial charge in [0.2, 0.25) is 0 Å². The summed E-state index contributed by atoms with van der Waals surface area (Å²) in [7, 11) is 0. The van der Waals surface area contributed by atoms with Crippen molar-refractivity contribution in [3.8, 4) is 0 Å². The van der Waals surface area contributed by atoms with Crippen LogP contribution in [0.3, 0.4) is 0 Å². The van der Waals surface area contributed by atoms with Crippen LogP contribution in [0.5, 0.6) is 0 Å². The van der Waals surface area contributed by atoms with Gasteiger partial charge in [-0.1, -0.05) is 13.8 Å². The zero-order chi connectivity index (χ0) is 9.45. The molecule has 74 valence electrons. The topological polar surface area (TPSA) is 21.3 Å². The van der Waals surface area contributed by atoms with Gasteiger partial charge < -0.3 is 10.1 Å². The van der Waals surface area contributed by atoms with Gasteiger partial charge in [-0.05, 0) is 33.2 Å². The van der Waals surface area contributed by atoms with Gasteiger partial charge in [0.1, 0.15) is 0 Å². The van der Waals surface area contributed by atoms with Gasteiger partial charge in [-0.2, -0.15) is 0 Å². The first-order valence-corrected chi connectivity index (χ1v) is 4.95. The van der Waals surface area contributed by atoms with Crippen LogP contribution in [0.25, 0.3) is 0 Å². The summed E-state index contributed by atoms with van der Waals surface area (Å²) in [5.41, 5.74) is 0.225. The Bertz CT molecular complexity index is 102. The predicted molar refractivity (Wildman–Crippen MR) is 53.5 cm³/mol. The lowest BCUT2D eigenvalue weighted by Gasteiger charge is -2.25. The van der Waals surface area contributed by atoms with E-state index in [9.17, 15) is 0 Å². The first-order valence-electron chi connectivity index (χ1n) is 4.95. The molecule has 0 aromatic rings. The molecule has 0 aromatic heterocycles. The molecule has 12 heavy (non-hydrogen) atoms. The molecule has 0 heterocycles. The second-order valence-corrected chi connectivity index (χ2v) is 3.78. The van der Waals surface area contributed by atoms with E-state index in [0.29, 0.717) is 0 Å². The van der Waals surface area contributed by atoms with E-state index in [1.807, 2.05) is 0 Å². The number of rotatable bonds is 7. The zero-order valence-corrected chi connectivity index (χ0v) is 8.94. The van der Waals surface area contributed by atoms with Gasteiger partial charge in [-0.25, -0.2) is 0 Å². The van der Waals surface area contributed by atoms with Crippen molar-refractivity contribution in [2.45, 2.75) is 46.1 Å². The van der Waals surface area contributed by atoms with Gasteiger partial charge in [0.05, 0.1) is 0 Å². The minimum absolute atomic E-state index is 0.225. The number of hydrogen-bond acceptors (Lipinski definition) is 2. The minimum Gasteiger partial charge on any atom is -0.381 e. The van der Waals surface area contributed by atoms with Crippen molar-refractivity contribution in [2.75, 3.05) is 19.8 Å². The van der Waals surface area contributed by atoms with E-state index in [1.165, 1.54) is 0 Å². The van der Waals surface area contributed by atoms with Crippen LogP contribution in [-0.4, -0.2) is 25.3 Å². The second-order valence-electron chi connectivity index (χ2n) is 3.78. The highest BCUT2D eigenvalue weighted by Crippen LogP contribution is 2.07. The van der Waals surface area contributed by atoms with Gasteiger partial charge >= 0.3 is 0 Å². The summed E-state index contributed by atoms with van der Waals surface area (Å²) >= 11 is 0.